The lowest BCUT2D eigenvalue weighted by Crippen LogP contribution is -2.18. The summed E-state index contributed by atoms with van der Waals surface area (Å²) in [4.78, 5) is 2.49. The van der Waals surface area contributed by atoms with E-state index in [1.54, 1.807) is 0 Å². The molecule has 1 unspecified atom stereocenters. The fourth-order valence-electron chi connectivity index (χ4n) is 2.78. The molecular weight excluding hydrogens is 230 g/mol. The van der Waals surface area contributed by atoms with Gasteiger partial charge in [0.25, 0.3) is 0 Å². The summed E-state index contributed by atoms with van der Waals surface area (Å²) in [6, 6.07) is 17.7. The molecule has 2 aromatic rings. The zero-order valence-corrected chi connectivity index (χ0v) is 11.8. The maximum atomic E-state index is 2.49. The normalized spacial score (nSPS) is 18.8. The van der Waals surface area contributed by atoms with E-state index in [-0.39, 0.29) is 0 Å². The molecule has 0 aromatic heterocycles. The first-order valence-electron chi connectivity index (χ1n) is 7.14. The zero-order chi connectivity index (χ0) is 13.2. The Labute approximate surface area is 115 Å². The molecule has 1 atom stereocenters. The molecule has 1 nitrogen and oxygen atoms in total. The van der Waals surface area contributed by atoms with Gasteiger partial charge in [-0.1, -0.05) is 48.9 Å². The second kappa shape index (κ2) is 5.08. The number of hydrogen-bond acceptors (Lipinski definition) is 1. The first kappa shape index (κ1) is 12.3. The van der Waals surface area contributed by atoms with E-state index in [2.05, 4.69) is 67.3 Å². The molecule has 1 aliphatic heterocycles. The van der Waals surface area contributed by atoms with Gasteiger partial charge in [-0.25, -0.2) is 0 Å². The van der Waals surface area contributed by atoms with Gasteiger partial charge in [-0.2, -0.15) is 0 Å². The van der Waals surface area contributed by atoms with Crippen LogP contribution in [0.15, 0.2) is 48.5 Å². The van der Waals surface area contributed by atoms with Crippen molar-refractivity contribution in [1.29, 1.82) is 0 Å². The van der Waals surface area contributed by atoms with Gasteiger partial charge in [0, 0.05) is 18.8 Å². The summed E-state index contributed by atoms with van der Waals surface area (Å²) in [5.74, 6) is 0.830. The van der Waals surface area contributed by atoms with E-state index >= 15 is 0 Å². The lowest BCUT2D eigenvalue weighted by molar-refractivity contribution is 0.659. The molecule has 0 saturated carbocycles. The summed E-state index contributed by atoms with van der Waals surface area (Å²) < 4.78 is 0. The molecule has 19 heavy (non-hydrogen) atoms. The molecule has 1 heterocycles. The lowest BCUT2D eigenvalue weighted by atomic mass is 10.0. The second-order valence-electron chi connectivity index (χ2n) is 5.75. The van der Waals surface area contributed by atoms with Gasteiger partial charge in [0.05, 0.1) is 0 Å². The fraction of sp³-hybridized carbons (Fsp3) is 0.333. The van der Waals surface area contributed by atoms with Crippen LogP contribution in [0.25, 0.3) is 11.1 Å². The first-order chi connectivity index (χ1) is 9.22. The maximum Gasteiger partial charge on any atom is 0.0366 e. The molecule has 0 spiro atoms. The highest BCUT2D eigenvalue weighted by Gasteiger charge is 2.18. The van der Waals surface area contributed by atoms with Crippen molar-refractivity contribution in [3.05, 3.63) is 54.1 Å². The third-order valence-electron chi connectivity index (χ3n) is 4.04. The average Bonchev–Trinajstić information content (AvgIpc) is 2.87. The Hall–Kier alpha value is -1.76. The number of hydrogen-bond donors (Lipinski definition) is 0. The van der Waals surface area contributed by atoms with Gasteiger partial charge in [0.2, 0.25) is 0 Å². The van der Waals surface area contributed by atoms with Crippen LogP contribution in [0.2, 0.25) is 0 Å². The Morgan fingerprint density at radius 3 is 2.00 bits per heavy atom. The summed E-state index contributed by atoms with van der Waals surface area (Å²) in [5, 5.41) is 0. The molecule has 98 valence electrons. The summed E-state index contributed by atoms with van der Waals surface area (Å²) in [5.41, 5.74) is 5.27. The van der Waals surface area contributed by atoms with E-state index < -0.39 is 0 Å². The van der Waals surface area contributed by atoms with Gasteiger partial charge in [-0.15, -0.1) is 0 Å². The Kier molecular flexibility index (Phi) is 3.29. The third kappa shape index (κ3) is 2.65. The molecule has 0 N–H and O–H groups in total. The van der Waals surface area contributed by atoms with Crippen molar-refractivity contribution in [1.82, 2.24) is 0 Å². The van der Waals surface area contributed by atoms with Gasteiger partial charge in [-0.3, -0.25) is 0 Å². The molecule has 3 rings (SSSR count). The van der Waals surface area contributed by atoms with E-state index in [0.29, 0.717) is 0 Å². The van der Waals surface area contributed by atoms with E-state index in [4.69, 9.17) is 0 Å². The number of nitrogens with zero attached hydrogens (tertiary/aromatic N) is 1. The molecule has 1 heteroatoms. The quantitative estimate of drug-likeness (QED) is 0.759. The Morgan fingerprint density at radius 2 is 1.47 bits per heavy atom. The standard InChI is InChI=1S/C18H21N/c1-14-3-5-16(6-4-14)17-7-9-18(10-8-17)19-12-11-15(2)13-19/h3-10,15H,11-13H2,1-2H3. The molecule has 0 aliphatic carbocycles. The van der Waals surface area contributed by atoms with Crippen molar-refractivity contribution < 1.29 is 0 Å². The summed E-state index contributed by atoms with van der Waals surface area (Å²) in [6.45, 7) is 6.86. The van der Waals surface area contributed by atoms with E-state index in [9.17, 15) is 0 Å². The lowest BCUT2D eigenvalue weighted by Gasteiger charge is -2.18. The summed E-state index contributed by atoms with van der Waals surface area (Å²) in [7, 11) is 0. The SMILES string of the molecule is Cc1ccc(-c2ccc(N3CCC(C)C3)cc2)cc1. The highest BCUT2D eigenvalue weighted by atomic mass is 15.1. The van der Waals surface area contributed by atoms with Gasteiger partial charge >= 0.3 is 0 Å². The van der Waals surface area contributed by atoms with Crippen LogP contribution >= 0.6 is 0 Å². The van der Waals surface area contributed by atoms with Gasteiger partial charge in [0.1, 0.15) is 0 Å². The summed E-state index contributed by atoms with van der Waals surface area (Å²) in [6.07, 6.45) is 1.32. The van der Waals surface area contributed by atoms with Crippen LogP contribution in [0.5, 0.6) is 0 Å². The highest BCUT2D eigenvalue weighted by molar-refractivity contribution is 5.66. The minimum atomic E-state index is 0.830. The van der Waals surface area contributed by atoms with Crippen LogP contribution < -0.4 is 4.90 Å². The van der Waals surface area contributed by atoms with E-state index in [1.165, 1.54) is 41.9 Å². The Balaban J connectivity index is 1.80. The van der Waals surface area contributed by atoms with Crippen LogP contribution in [-0.4, -0.2) is 13.1 Å². The van der Waals surface area contributed by atoms with Crippen LogP contribution in [0.1, 0.15) is 18.9 Å². The number of anilines is 1. The molecule has 1 saturated heterocycles. The van der Waals surface area contributed by atoms with Crippen molar-refractivity contribution in [3.63, 3.8) is 0 Å². The maximum absolute atomic E-state index is 2.49. The predicted molar refractivity (Wildman–Crippen MR) is 82.6 cm³/mol. The van der Waals surface area contributed by atoms with Crippen LogP contribution in [0.4, 0.5) is 5.69 Å². The highest BCUT2D eigenvalue weighted by Crippen LogP contribution is 2.27. The zero-order valence-electron chi connectivity index (χ0n) is 11.8. The minimum absolute atomic E-state index is 0.830. The monoisotopic (exact) mass is 251 g/mol. The average molecular weight is 251 g/mol. The Morgan fingerprint density at radius 1 is 0.895 bits per heavy atom. The van der Waals surface area contributed by atoms with Crippen LogP contribution in [-0.2, 0) is 0 Å². The molecule has 2 aromatic carbocycles. The Bertz CT molecular complexity index is 539. The second-order valence-corrected chi connectivity index (χ2v) is 5.75. The first-order valence-corrected chi connectivity index (χ1v) is 7.14. The molecule has 1 fully saturated rings. The van der Waals surface area contributed by atoms with Crippen molar-refractivity contribution in [2.75, 3.05) is 18.0 Å². The van der Waals surface area contributed by atoms with Gasteiger partial charge in [0.15, 0.2) is 0 Å². The predicted octanol–water partition coefficient (Wildman–Crippen LogP) is 4.51. The van der Waals surface area contributed by atoms with Crippen molar-refractivity contribution in [2.24, 2.45) is 5.92 Å². The summed E-state index contributed by atoms with van der Waals surface area (Å²) >= 11 is 0. The largest absolute Gasteiger partial charge is 0.371 e. The number of aryl methyl sites for hydroxylation is 1. The van der Waals surface area contributed by atoms with Crippen LogP contribution in [0.3, 0.4) is 0 Å². The van der Waals surface area contributed by atoms with E-state index in [0.717, 1.165) is 5.92 Å². The number of rotatable bonds is 2. The van der Waals surface area contributed by atoms with Crippen molar-refractivity contribution in [3.8, 4) is 11.1 Å². The van der Waals surface area contributed by atoms with Gasteiger partial charge in [-0.05, 0) is 42.5 Å². The van der Waals surface area contributed by atoms with E-state index in [1.807, 2.05) is 0 Å². The molecule has 0 radical (unpaired) electrons. The minimum Gasteiger partial charge on any atom is -0.371 e. The third-order valence-corrected chi connectivity index (χ3v) is 4.04. The smallest absolute Gasteiger partial charge is 0.0366 e. The van der Waals surface area contributed by atoms with Crippen LogP contribution in [0, 0.1) is 12.8 Å². The fourth-order valence-corrected chi connectivity index (χ4v) is 2.78. The topological polar surface area (TPSA) is 3.24 Å². The van der Waals surface area contributed by atoms with Crippen molar-refractivity contribution in [2.45, 2.75) is 20.3 Å². The molecule has 1 aliphatic rings. The molecular formula is C18H21N. The van der Waals surface area contributed by atoms with Crippen molar-refractivity contribution >= 4 is 5.69 Å². The van der Waals surface area contributed by atoms with Gasteiger partial charge < -0.3 is 4.90 Å². The molecule has 0 bridgehead atoms. The number of benzene rings is 2. The molecule has 0 amide bonds.